The zero-order chi connectivity index (χ0) is 11.3. The molecule has 0 radical (unpaired) electrons. The van der Waals surface area contributed by atoms with Crippen LogP contribution in [0.2, 0.25) is 0 Å². The third-order valence-electron chi connectivity index (χ3n) is 3.97. The van der Waals surface area contributed by atoms with Gasteiger partial charge in [-0.1, -0.05) is 34.1 Å². The molecule has 0 saturated heterocycles. The topological polar surface area (TPSA) is 15.3 Å². The highest BCUT2D eigenvalue weighted by atomic mass is 15.1. The van der Waals surface area contributed by atoms with Crippen LogP contribution in [0.15, 0.2) is 0 Å². The SMILES string of the molecule is CCN(CC)CCNC1CCCC1(C)C. The van der Waals surface area contributed by atoms with Crippen molar-refractivity contribution in [3.05, 3.63) is 0 Å². The van der Waals surface area contributed by atoms with E-state index in [1.807, 2.05) is 0 Å². The van der Waals surface area contributed by atoms with Crippen LogP contribution in [0.4, 0.5) is 0 Å². The van der Waals surface area contributed by atoms with Crippen molar-refractivity contribution in [3.8, 4) is 0 Å². The first kappa shape index (κ1) is 13.0. The van der Waals surface area contributed by atoms with Gasteiger partial charge in [-0.15, -0.1) is 0 Å². The van der Waals surface area contributed by atoms with Gasteiger partial charge in [-0.3, -0.25) is 0 Å². The Balaban J connectivity index is 2.20. The molecule has 1 aliphatic rings. The van der Waals surface area contributed by atoms with E-state index in [0.717, 1.165) is 12.6 Å². The van der Waals surface area contributed by atoms with Gasteiger partial charge in [0.25, 0.3) is 0 Å². The lowest BCUT2D eigenvalue weighted by atomic mass is 9.87. The minimum absolute atomic E-state index is 0.517. The largest absolute Gasteiger partial charge is 0.312 e. The number of likely N-dealkylation sites (N-methyl/N-ethyl adjacent to an activating group) is 1. The van der Waals surface area contributed by atoms with Crippen molar-refractivity contribution in [1.82, 2.24) is 10.2 Å². The van der Waals surface area contributed by atoms with Crippen LogP contribution in [-0.4, -0.2) is 37.1 Å². The van der Waals surface area contributed by atoms with E-state index in [-0.39, 0.29) is 0 Å². The Kier molecular flexibility index (Phi) is 5.07. The van der Waals surface area contributed by atoms with Crippen LogP contribution in [0.1, 0.15) is 47.0 Å². The second-order valence-corrected chi connectivity index (χ2v) is 5.41. The Hall–Kier alpha value is -0.0800. The summed E-state index contributed by atoms with van der Waals surface area (Å²) in [7, 11) is 0. The summed E-state index contributed by atoms with van der Waals surface area (Å²) >= 11 is 0. The average Bonchev–Trinajstić information content (AvgIpc) is 2.53. The Morgan fingerprint density at radius 2 is 1.93 bits per heavy atom. The minimum atomic E-state index is 0.517. The van der Waals surface area contributed by atoms with Gasteiger partial charge in [-0.2, -0.15) is 0 Å². The standard InChI is InChI=1S/C13H28N2/c1-5-15(6-2)11-10-14-12-8-7-9-13(12,3)4/h12,14H,5-11H2,1-4H3. The summed E-state index contributed by atoms with van der Waals surface area (Å²) < 4.78 is 0. The summed E-state index contributed by atoms with van der Waals surface area (Å²) in [6.45, 7) is 14.0. The highest BCUT2D eigenvalue weighted by Gasteiger charge is 2.33. The molecule has 2 nitrogen and oxygen atoms in total. The van der Waals surface area contributed by atoms with Gasteiger partial charge in [-0.05, 0) is 31.3 Å². The maximum absolute atomic E-state index is 3.73. The van der Waals surface area contributed by atoms with Gasteiger partial charge in [-0.25, -0.2) is 0 Å². The molecule has 0 amide bonds. The van der Waals surface area contributed by atoms with Crippen molar-refractivity contribution in [2.75, 3.05) is 26.2 Å². The zero-order valence-corrected chi connectivity index (χ0v) is 11.0. The van der Waals surface area contributed by atoms with Gasteiger partial charge in [0.05, 0.1) is 0 Å². The maximum Gasteiger partial charge on any atom is 0.0119 e. The Morgan fingerprint density at radius 3 is 2.40 bits per heavy atom. The lowest BCUT2D eigenvalue weighted by molar-refractivity contribution is 0.254. The first-order valence-electron chi connectivity index (χ1n) is 6.56. The highest BCUT2D eigenvalue weighted by Crippen LogP contribution is 2.36. The van der Waals surface area contributed by atoms with Crippen molar-refractivity contribution in [1.29, 1.82) is 0 Å². The van der Waals surface area contributed by atoms with Crippen LogP contribution in [0, 0.1) is 5.41 Å². The van der Waals surface area contributed by atoms with Gasteiger partial charge in [0.1, 0.15) is 0 Å². The van der Waals surface area contributed by atoms with E-state index in [4.69, 9.17) is 0 Å². The zero-order valence-electron chi connectivity index (χ0n) is 11.0. The summed E-state index contributed by atoms with van der Waals surface area (Å²) in [4.78, 5) is 2.48. The molecule has 0 bridgehead atoms. The van der Waals surface area contributed by atoms with E-state index < -0.39 is 0 Å². The molecule has 15 heavy (non-hydrogen) atoms. The fourth-order valence-electron chi connectivity index (χ4n) is 2.64. The van der Waals surface area contributed by atoms with Crippen LogP contribution in [0.3, 0.4) is 0 Å². The number of hydrogen-bond acceptors (Lipinski definition) is 2. The van der Waals surface area contributed by atoms with Gasteiger partial charge >= 0.3 is 0 Å². The maximum atomic E-state index is 3.73. The Bertz CT molecular complexity index is 173. The second kappa shape index (κ2) is 5.86. The molecule has 1 unspecified atom stereocenters. The Morgan fingerprint density at radius 1 is 1.27 bits per heavy atom. The first-order chi connectivity index (χ1) is 7.10. The normalized spacial score (nSPS) is 25.0. The molecule has 0 aromatic heterocycles. The Labute approximate surface area is 95.4 Å². The van der Waals surface area contributed by atoms with Crippen molar-refractivity contribution >= 4 is 0 Å². The lowest BCUT2D eigenvalue weighted by Crippen LogP contribution is -2.42. The molecular formula is C13H28N2. The minimum Gasteiger partial charge on any atom is -0.312 e. The molecule has 0 aliphatic heterocycles. The molecule has 1 aliphatic carbocycles. The summed E-state index contributed by atoms with van der Waals surface area (Å²) in [5.74, 6) is 0. The van der Waals surface area contributed by atoms with Gasteiger partial charge in [0.15, 0.2) is 0 Å². The predicted molar refractivity (Wildman–Crippen MR) is 67.2 cm³/mol. The van der Waals surface area contributed by atoms with Crippen LogP contribution >= 0.6 is 0 Å². The third-order valence-corrected chi connectivity index (χ3v) is 3.97. The molecule has 90 valence electrons. The van der Waals surface area contributed by atoms with E-state index in [0.29, 0.717) is 5.41 Å². The first-order valence-corrected chi connectivity index (χ1v) is 6.56. The lowest BCUT2D eigenvalue weighted by Gasteiger charge is -2.29. The van der Waals surface area contributed by atoms with Crippen LogP contribution < -0.4 is 5.32 Å². The van der Waals surface area contributed by atoms with Gasteiger partial charge in [0.2, 0.25) is 0 Å². The van der Waals surface area contributed by atoms with E-state index in [1.54, 1.807) is 0 Å². The second-order valence-electron chi connectivity index (χ2n) is 5.41. The molecule has 1 atom stereocenters. The van der Waals surface area contributed by atoms with Crippen LogP contribution in [-0.2, 0) is 0 Å². The summed E-state index contributed by atoms with van der Waals surface area (Å²) in [5.41, 5.74) is 0.517. The summed E-state index contributed by atoms with van der Waals surface area (Å²) in [5, 5.41) is 3.73. The molecule has 1 saturated carbocycles. The predicted octanol–water partition coefficient (Wildman–Crippen LogP) is 2.50. The molecule has 1 rings (SSSR count). The fraction of sp³-hybridized carbons (Fsp3) is 1.00. The summed E-state index contributed by atoms with van der Waals surface area (Å²) in [6.07, 6.45) is 4.15. The number of rotatable bonds is 6. The van der Waals surface area contributed by atoms with E-state index in [2.05, 4.69) is 37.9 Å². The monoisotopic (exact) mass is 212 g/mol. The van der Waals surface area contributed by atoms with E-state index in [9.17, 15) is 0 Å². The molecule has 0 aromatic carbocycles. The molecule has 0 heterocycles. The van der Waals surface area contributed by atoms with Crippen LogP contribution in [0.5, 0.6) is 0 Å². The molecule has 0 aromatic rings. The fourth-order valence-corrected chi connectivity index (χ4v) is 2.64. The van der Waals surface area contributed by atoms with Crippen molar-refractivity contribution in [3.63, 3.8) is 0 Å². The van der Waals surface area contributed by atoms with Crippen molar-refractivity contribution in [2.24, 2.45) is 5.41 Å². The average molecular weight is 212 g/mol. The number of hydrogen-bond donors (Lipinski definition) is 1. The van der Waals surface area contributed by atoms with Crippen molar-refractivity contribution in [2.45, 2.75) is 53.0 Å². The molecule has 1 fully saturated rings. The molecule has 0 spiro atoms. The van der Waals surface area contributed by atoms with E-state index in [1.165, 1.54) is 38.9 Å². The number of nitrogens with zero attached hydrogens (tertiary/aromatic N) is 1. The third kappa shape index (κ3) is 3.76. The number of nitrogens with one attached hydrogen (secondary N) is 1. The van der Waals surface area contributed by atoms with E-state index >= 15 is 0 Å². The molecule has 1 N–H and O–H groups in total. The summed E-state index contributed by atoms with van der Waals surface area (Å²) in [6, 6.07) is 0.744. The molecular weight excluding hydrogens is 184 g/mol. The smallest absolute Gasteiger partial charge is 0.0119 e. The van der Waals surface area contributed by atoms with Crippen LogP contribution in [0.25, 0.3) is 0 Å². The van der Waals surface area contributed by atoms with Gasteiger partial charge < -0.3 is 10.2 Å². The quantitative estimate of drug-likeness (QED) is 0.728. The molecule has 2 heteroatoms. The highest BCUT2D eigenvalue weighted by molar-refractivity contribution is 4.90. The van der Waals surface area contributed by atoms with Crippen molar-refractivity contribution < 1.29 is 0 Å². The van der Waals surface area contributed by atoms with Gasteiger partial charge in [0, 0.05) is 19.1 Å².